The van der Waals surface area contributed by atoms with Crippen LogP contribution in [0.25, 0.3) is 0 Å². The molecule has 0 amide bonds. The van der Waals surface area contributed by atoms with Gasteiger partial charge in [0.05, 0.1) is 0 Å². The van der Waals surface area contributed by atoms with Crippen molar-refractivity contribution in [1.29, 1.82) is 0 Å². The van der Waals surface area contributed by atoms with Crippen molar-refractivity contribution in [2.45, 2.75) is 20.8 Å². The monoisotopic (exact) mass is 350 g/mol. The number of rotatable bonds is 2. The van der Waals surface area contributed by atoms with Crippen LogP contribution in [-0.2, 0) is 0 Å². The van der Waals surface area contributed by atoms with Gasteiger partial charge in [0.15, 0.2) is 5.78 Å². The summed E-state index contributed by atoms with van der Waals surface area (Å²) in [5.74, 6) is 0.115. The lowest BCUT2D eigenvalue weighted by Gasteiger charge is -2.10. The second kappa shape index (κ2) is 5.22. The third-order valence-electron chi connectivity index (χ3n) is 3.29. The Morgan fingerprint density at radius 3 is 2.11 bits per heavy atom. The Hall–Kier alpha value is -1.16. The summed E-state index contributed by atoms with van der Waals surface area (Å²) in [6, 6.07) is 11.8. The van der Waals surface area contributed by atoms with Gasteiger partial charge in [-0.1, -0.05) is 30.3 Å². The Labute approximate surface area is 121 Å². The predicted octanol–water partition coefficient (Wildman–Crippen LogP) is 4.45. The van der Waals surface area contributed by atoms with Gasteiger partial charge in [0, 0.05) is 14.7 Å². The maximum Gasteiger partial charge on any atom is 0.194 e. The largest absolute Gasteiger partial charge is 0.289 e. The van der Waals surface area contributed by atoms with Gasteiger partial charge >= 0.3 is 0 Å². The molecule has 0 spiro atoms. The summed E-state index contributed by atoms with van der Waals surface area (Å²) in [6.45, 7) is 6.07. The Bertz CT molecular complexity index is 561. The van der Waals surface area contributed by atoms with E-state index in [1.165, 1.54) is 0 Å². The van der Waals surface area contributed by atoms with Gasteiger partial charge in [-0.15, -0.1) is 0 Å². The Balaban J connectivity index is 2.55. The highest BCUT2D eigenvalue weighted by Gasteiger charge is 2.15. The van der Waals surface area contributed by atoms with Crippen molar-refractivity contribution in [2.24, 2.45) is 0 Å². The van der Waals surface area contributed by atoms with Gasteiger partial charge < -0.3 is 0 Å². The molecule has 0 heterocycles. The van der Waals surface area contributed by atoms with Gasteiger partial charge in [-0.25, -0.2) is 0 Å². The zero-order valence-corrected chi connectivity index (χ0v) is 12.9. The number of carbonyl (C=O) groups is 1. The minimum atomic E-state index is 0.115. The molecule has 92 valence electrons. The molecule has 0 N–H and O–H groups in total. The molecule has 2 aromatic carbocycles. The summed E-state index contributed by atoms with van der Waals surface area (Å²) in [4.78, 5) is 12.6. The molecule has 1 nitrogen and oxygen atoms in total. The molecule has 0 aliphatic carbocycles. The van der Waals surface area contributed by atoms with Crippen LogP contribution in [0, 0.1) is 24.3 Å². The third-order valence-corrected chi connectivity index (χ3v) is 4.72. The number of halogens is 1. The van der Waals surface area contributed by atoms with Crippen molar-refractivity contribution >= 4 is 28.4 Å². The Morgan fingerprint density at radius 1 is 0.889 bits per heavy atom. The van der Waals surface area contributed by atoms with Crippen LogP contribution in [0.4, 0.5) is 0 Å². The second-order valence-corrected chi connectivity index (χ2v) is 5.59. The lowest BCUT2D eigenvalue weighted by Crippen LogP contribution is -2.07. The fourth-order valence-electron chi connectivity index (χ4n) is 1.96. The van der Waals surface area contributed by atoms with Crippen molar-refractivity contribution in [2.75, 3.05) is 0 Å². The molecule has 0 atom stereocenters. The third kappa shape index (κ3) is 2.34. The highest BCUT2D eigenvalue weighted by molar-refractivity contribution is 14.1. The molecule has 2 aromatic rings. The number of hydrogen-bond donors (Lipinski definition) is 0. The van der Waals surface area contributed by atoms with Gasteiger partial charge in [0.1, 0.15) is 0 Å². The molecule has 0 aromatic heterocycles. The van der Waals surface area contributed by atoms with Gasteiger partial charge in [0.25, 0.3) is 0 Å². The summed E-state index contributed by atoms with van der Waals surface area (Å²) in [6.07, 6.45) is 0. The van der Waals surface area contributed by atoms with E-state index in [0.29, 0.717) is 0 Å². The van der Waals surface area contributed by atoms with Crippen molar-refractivity contribution in [3.05, 3.63) is 67.8 Å². The fraction of sp³-hybridized carbons (Fsp3) is 0.188. The van der Waals surface area contributed by atoms with E-state index < -0.39 is 0 Å². The van der Waals surface area contributed by atoms with E-state index in [4.69, 9.17) is 0 Å². The molecule has 2 heteroatoms. The van der Waals surface area contributed by atoms with Gasteiger partial charge in [-0.3, -0.25) is 4.79 Å². The zero-order valence-electron chi connectivity index (χ0n) is 10.8. The van der Waals surface area contributed by atoms with Crippen molar-refractivity contribution < 1.29 is 4.79 Å². The van der Waals surface area contributed by atoms with Gasteiger partial charge in [0.2, 0.25) is 0 Å². The summed E-state index contributed by atoms with van der Waals surface area (Å²) < 4.78 is 1.04. The summed E-state index contributed by atoms with van der Waals surface area (Å²) in [5.41, 5.74) is 4.97. The topological polar surface area (TPSA) is 17.1 Å². The molecule has 0 bridgehead atoms. The predicted molar refractivity (Wildman–Crippen MR) is 83.2 cm³/mol. The van der Waals surface area contributed by atoms with Crippen LogP contribution in [0.1, 0.15) is 32.6 Å². The summed E-state index contributed by atoms with van der Waals surface area (Å²) >= 11 is 2.25. The van der Waals surface area contributed by atoms with E-state index in [1.54, 1.807) is 0 Å². The van der Waals surface area contributed by atoms with Crippen molar-refractivity contribution in [1.82, 2.24) is 0 Å². The van der Waals surface area contributed by atoms with Crippen LogP contribution in [0.2, 0.25) is 0 Å². The Morgan fingerprint density at radius 2 is 1.44 bits per heavy atom. The maximum absolute atomic E-state index is 12.6. The van der Waals surface area contributed by atoms with Gasteiger partial charge in [-0.05, 0) is 66.1 Å². The van der Waals surface area contributed by atoms with E-state index >= 15 is 0 Å². The van der Waals surface area contributed by atoms with E-state index in [1.807, 2.05) is 57.2 Å². The van der Waals surface area contributed by atoms with Crippen LogP contribution < -0.4 is 0 Å². The lowest BCUT2D eigenvalue weighted by atomic mass is 9.95. The van der Waals surface area contributed by atoms with Crippen LogP contribution in [0.15, 0.2) is 36.4 Å². The van der Waals surface area contributed by atoms with Crippen molar-refractivity contribution in [3.63, 3.8) is 0 Å². The normalized spacial score (nSPS) is 10.4. The van der Waals surface area contributed by atoms with Crippen LogP contribution in [-0.4, -0.2) is 5.78 Å². The summed E-state index contributed by atoms with van der Waals surface area (Å²) in [7, 11) is 0. The SMILES string of the molecule is Cc1cccc(C(=O)c2cccc(C)c2I)c1C. The molecule has 0 unspecified atom stereocenters. The molecule has 0 fully saturated rings. The number of carbonyl (C=O) groups excluding carboxylic acids is 1. The Kier molecular flexibility index (Phi) is 3.85. The zero-order chi connectivity index (χ0) is 13.3. The summed E-state index contributed by atoms with van der Waals surface area (Å²) in [5, 5.41) is 0. The first-order valence-corrected chi connectivity index (χ1v) is 6.96. The van der Waals surface area contributed by atoms with Crippen molar-refractivity contribution in [3.8, 4) is 0 Å². The molecular formula is C16H15IO. The minimum absolute atomic E-state index is 0.115. The molecule has 0 radical (unpaired) electrons. The first kappa shape index (κ1) is 13.3. The van der Waals surface area contributed by atoms with Crippen LogP contribution in [0.5, 0.6) is 0 Å². The minimum Gasteiger partial charge on any atom is -0.289 e. The van der Waals surface area contributed by atoms with Crippen LogP contribution in [0.3, 0.4) is 0 Å². The van der Waals surface area contributed by atoms with E-state index in [9.17, 15) is 4.79 Å². The first-order chi connectivity index (χ1) is 8.52. The lowest BCUT2D eigenvalue weighted by molar-refractivity contribution is 0.103. The van der Waals surface area contributed by atoms with Gasteiger partial charge in [-0.2, -0.15) is 0 Å². The van der Waals surface area contributed by atoms with Crippen LogP contribution >= 0.6 is 22.6 Å². The van der Waals surface area contributed by atoms with E-state index in [0.717, 1.165) is 31.4 Å². The average Bonchev–Trinajstić information content (AvgIpc) is 2.35. The fourth-order valence-corrected chi connectivity index (χ4v) is 2.57. The molecule has 0 saturated carbocycles. The van der Waals surface area contributed by atoms with E-state index in [-0.39, 0.29) is 5.78 Å². The molecule has 0 saturated heterocycles. The van der Waals surface area contributed by atoms with E-state index in [2.05, 4.69) is 22.6 Å². The molecule has 2 rings (SSSR count). The molecule has 0 aliphatic heterocycles. The second-order valence-electron chi connectivity index (χ2n) is 4.51. The highest BCUT2D eigenvalue weighted by Crippen LogP contribution is 2.22. The maximum atomic E-state index is 12.6. The number of aryl methyl sites for hydroxylation is 2. The average molecular weight is 350 g/mol. The number of benzene rings is 2. The molecular weight excluding hydrogens is 335 g/mol. The molecule has 18 heavy (non-hydrogen) atoms. The number of hydrogen-bond acceptors (Lipinski definition) is 1. The quantitative estimate of drug-likeness (QED) is 0.578. The first-order valence-electron chi connectivity index (χ1n) is 5.88. The number of ketones is 1. The molecule has 0 aliphatic rings. The smallest absolute Gasteiger partial charge is 0.194 e. The standard InChI is InChI=1S/C16H15IO/c1-10-6-4-8-13(12(10)3)16(18)14-9-5-7-11(2)15(14)17/h4-9H,1-3H3. The highest BCUT2D eigenvalue weighted by atomic mass is 127.